The van der Waals surface area contributed by atoms with E-state index in [-0.39, 0.29) is 17.8 Å². The second-order valence-corrected chi connectivity index (χ2v) is 5.04. The van der Waals surface area contributed by atoms with Crippen molar-refractivity contribution in [1.82, 2.24) is 15.0 Å². The largest absolute Gasteiger partial charge is 0.491 e. The highest BCUT2D eigenvalue weighted by atomic mass is 79.9. The van der Waals surface area contributed by atoms with E-state index in [2.05, 4.69) is 36.2 Å². The van der Waals surface area contributed by atoms with Gasteiger partial charge in [0.05, 0.1) is 6.04 Å². The molecule has 0 saturated carbocycles. The highest BCUT2D eigenvalue weighted by Gasteiger charge is 2.07. The van der Waals surface area contributed by atoms with Crippen molar-refractivity contribution in [2.75, 3.05) is 17.7 Å². The number of anilines is 2. The van der Waals surface area contributed by atoms with Gasteiger partial charge in [0.15, 0.2) is 0 Å². The van der Waals surface area contributed by atoms with Gasteiger partial charge in [-0.05, 0) is 19.1 Å². The molecule has 0 amide bonds. The van der Waals surface area contributed by atoms with Gasteiger partial charge in [-0.1, -0.05) is 15.9 Å². The summed E-state index contributed by atoms with van der Waals surface area (Å²) < 4.78 is 19.3. The van der Waals surface area contributed by atoms with Crippen LogP contribution >= 0.6 is 15.9 Å². The molecule has 0 radical (unpaired) electrons. The summed E-state index contributed by atoms with van der Waals surface area (Å²) in [6, 6.07) is 4.29. The van der Waals surface area contributed by atoms with Gasteiger partial charge in [0.25, 0.3) is 0 Å². The van der Waals surface area contributed by atoms with Crippen LogP contribution in [0.3, 0.4) is 0 Å². The van der Waals surface area contributed by atoms with Gasteiger partial charge in [0.1, 0.15) is 24.5 Å². The molecule has 0 fully saturated rings. The van der Waals surface area contributed by atoms with Crippen LogP contribution < -0.4 is 15.8 Å². The molecule has 1 atom stereocenters. The van der Waals surface area contributed by atoms with Crippen molar-refractivity contribution in [3.63, 3.8) is 0 Å². The van der Waals surface area contributed by atoms with E-state index in [1.54, 1.807) is 6.07 Å². The first-order valence-corrected chi connectivity index (χ1v) is 6.62. The van der Waals surface area contributed by atoms with Crippen molar-refractivity contribution in [2.45, 2.75) is 13.0 Å². The Hall–Kier alpha value is -1.96. The molecule has 2 aromatic rings. The van der Waals surface area contributed by atoms with Crippen molar-refractivity contribution in [1.29, 1.82) is 0 Å². The number of hydrogen-bond donors (Lipinski definition) is 2. The van der Waals surface area contributed by atoms with Crippen LogP contribution in [0, 0.1) is 5.82 Å². The SMILES string of the molecule is CC(COc1cc(F)cc(Br)c1)Nc1ncnc(N)n1. The maximum Gasteiger partial charge on any atom is 0.227 e. The quantitative estimate of drug-likeness (QED) is 0.867. The number of nitrogens with one attached hydrogen (secondary N) is 1. The Balaban J connectivity index is 1.90. The maximum absolute atomic E-state index is 13.2. The molecule has 0 bridgehead atoms. The van der Waals surface area contributed by atoms with E-state index >= 15 is 0 Å². The van der Waals surface area contributed by atoms with Gasteiger partial charge in [-0.15, -0.1) is 0 Å². The molecule has 0 spiro atoms. The minimum atomic E-state index is -0.361. The smallest absolute Gasteiger partial charge is 0.227 e. The molecule has 8 heteroatoms. The Morgan fingerprint density at radius 2 is 2.20 bits per heavy atom. The summed E-state index contributed by atoms with van der Waals surface area (Å²) in [6.07, 6.45) is 1.32. The lowest BCUT2D eigenvalue weighted by Crippen LogP contribution is -2.25. The Morgan fingerprint density at radius 1 is 1.40 bits per heavy atom. The number of nitrogens with zero attached hydrogens (tertiary/aromatic N) is 3. The van der Waals surface area contributed by atoms with E-state index < -0.39 is 0 Å². The topological polar surface area (TPSA) is 86.0 Å². The summed E-state index contributed by atoms with van der Waals surface area (Å²) in [7, 11) is 0. The van der Waals surface area contributed by atoms with Crippen molar-refractivity contribution in [3.8, 4) is 5.75 Å². The summed E-state index contributed by atoms with van der Waals surface area (Å²) in [5, 5.41) is 3.01. The molecule has 1 heterocycles. The first-order chi connectivity index (χ1) is 9.52. The monoisotopic (exact) mass is 341 g/mol. The van der Waals surface area contributed by atoms with Gasteiger partial charge in [-0.2, -0.15) is 4.98 Å². The highest BCUT2D eigenvalue weighted by molar-refractivity contribution is 9.10. The normalized spacial score (nSPS) is 11.9. The third kappa shape index (κ3) is 4.30. The van der Waals surface area contributed by atoms with Gasteiger partial charge in [-0.3, -0.25) is 0 Å². The van der Waals surface area contributed by atoms with Gasteiger partial charge in [-0.25, -0.2) is 14.4 Å². The van der Waals surface area contributed by atoms with E-state index in [9.17, 15) is 4.39 Å². The lowest BCUT2D eigenvalue weighted by Gasteiger charge is -2.15. The zero-order chi connectivity index (χ0) is 14.5. The number of nitrogen functional groups attached to an aromatic ring is 1. The average Bonchev–Trinajstić information content (AvgIpc) is 2.35. The molecule has 1 aromatic carbocycles. The number of hydrogen-bond acceptors (Lipinski definition) is 6. The van der Waals surface area contributed by atoms with Gasteiger partial charge in [0.2, 0.25) is 11.9 Å². The third-order valence-corrected chi connectivity index (χ3v) is 2.76. The minimum absolute atomic E-state index is 0.0844. The number of rotatable bonds is 5. The highest BCUT2D eigenvalue weighted by Crippen LogP contribution is 2.20. The third-order valence-electron chi connectivity index (χ3n) is 2.30. The second-order valence-electron chi connectivity index (χ2n) is 4.13. The minimum Gasteiger partial charge on any atom is -0.491 e. The van der Waals surface area contributed by atoms with Gasteiger partial charge < -0.3 is 15.8 Å². The van der Waals surface area contributed by atoms with Gasteiger partial charge >= 0.3 is 0 Å². The molecule has 6 nitrogen and oxygen atoms in total. The fourth-order valence-corrected chi connectivity index (χ4v) is 1.92. The number of ether oxygens (including phenoxy) is 1. The standard InChI is InChI=1S/C12H13BrFN5O/c1-7(18-12-17-6-16-11(15)19-12)5-20-10-3-8(13)2-9(14)4-10/h2-4,6-7H,5H2,1H3,(H3,15,16,17,18,19). The fourth-order valence-electron chi connectivity index (χ4n) is 1.47. The van der Waals surface area contributed by atoms with E-state index in [0.29, 0.717) is 22.8 Å². The van der Waals surface area contributed by atoms with Crippen molar-refractivity contribution >= 4 is 27.8 Å². The van der Waals surface area contributed by atoms with Crippen molar-refractivity contribution in [3.05, 3.63) is 34.8 Å². The molecule has 20 heavy (non-hydrogen) atoms. The molecule has 3 N–H and O–H groups in total. The number of aromatic nitrogens is 3. The van der Waals surface area contributed by atoms with Crippen LogP contribution in [-0.4, -0.2) is 27.6 Å². The Labute approximate surface area is 123 Å². The molecule has 0 aliphatic heterocycles. The van der Waals surface area contributed by atoms with Crippen LogP contribution in [0.4, 0.5) is 16.3 Å². The Morgan fingerprint density at radius 3 is 2.90 bits per heavy atom. The zero-order valence-corrected chi connectivity index (χ0v) is 12.3. The number of halogens is 2. The van der Waals surface area contributed by atoms with Crippen LogP contribution in [0.1, 0.15) is 6.92 Å². The Bertz CT molecular complexity index is 578. The Kier molecular flexibility index (Phi) is 4.67. The molecule has 0 saturated heterocycles. The first-order valence-electron chi connectivity index (χ1n) is 5.83. The first kappa shape index (κ1) is 14.4. The lowest BCUT2D eigenvalue weighted by molar-refractivity contribution is 0.302. The summed E-state index contributed by atoms with van der Waals surface area (Å²) in [5.41, 5.74) is 5.45. The average molecular weight is 342 g/mol. The van der Waals surface area contributed by atoms with Crippen LogP contribution in [-0.2, 0) is 0 Å². The van der Waals surface area contributed by atoms with Crippen LogP contribution in [0.2, 0.25) is 0 Å². The zero-order valence-electron chi connectivity index (χ0n) is 10.7. The maximum atomic E-state index is 13.2. The molecular weight excluding hydrogens is 329 g/mol. The van der Waals surface area contributed by atoms with Crippen molar-refractivity contribution < 1.29 is 9.13 Å². The van der Waals surface area contributed by atoms with Crippen molar-refractivity contribution in [2.24, 2.45) is 0 Å². The second kappa shape index (κ2) is 6.47. The number of benzene rings is 1. The molecular formula is C12H13BrFN5O. The molecule has 1 aromatic heterocycles. The number of nitrogens with two attached hydrogens (primary N) is 1. The molecule has 0 aliphatic rings. The lowest BCUT2D eigenvalue weighted by atomic mass is 10.3. The molecule has 2 rings (SSSR count). The van der Waals surface area contributed by atoms with Crippen LogP contribution in [0.15, 0.2) is 29.0 Å². The van der Waals surface area contributed by atoms with Crippen LogP contribution in [0.5, 0.6) is 5.75 Å². The van der Waals surface area contributed by atoms with E-state index in [0.717, 1.165) is 0 Å². The predicted octanol–water partition coefficient (Wildman–Crippen LogP) is 2.23. The summed E-state index contributed by atoms with van der Waals surface area (Å²) in [6.45, 7) is 2.20. The fraction of sp³-hybridized carbons (Fsp3) is 0.250. The van der Waals surface area contributed by atoms with E-state index in [1.165, 1.54) is 18.5 Å². The summed E-state index contributed by atoms with van der Waals surface area (Å²) >= 11 is 3.21. The summed E-state index contributed by atoms with van der Waals surface area (Å²) in [5.74, 6) is 0.597. The molecule has 1 unspecified atom stereocenters. The molecule has 0 aliphatic carbocycles. The predicted molar refractivity (Wildman–Crippen MR) is 76.9 cm³/mol. The summed E-state index contributed by atoms with van der Waals surface area (Å²) in [4.78, 5) is 11.5. The van der Waals surface area contributed by atoms with Gasteiger partial charge in [0, 0.05) is 10.5 Å². The van der Waals surface area contributed by atoms with E-state index in [1.807, 2.05) is 6.92 Å². The van der Waals surface area contributed by atoms with E-state index in [4.69, 9.17) is 10.5 Å². The molecule has 106 valence electrons. The van der Waals surface area contributed by atoms with Crippen LogP contribution in [0.25, 0.3) is 0 Å².